The smallest absolute Gasteiger partial charge is 0.224 e. The molecule has 0 amide bonds. The van der Waals surface area contributed by atoms with Crippen LogP contribution in [0.3, 0.4) is 0 Å². The number of benzene rings is 1. The first-order valence-electron chi connectivity index (χ1n) is 9.95. The molecule has 3 aromatic rings. The van der Waals surface area contributed by atoms with Gasteiger partial charge in [-0.05, 0) is 25.1 Å². The van der Waals surface area contributed by atoms with Crippen LogP contribution in [-0.2, 0) is 19.5 Å². The van der Waals surface area contributed by atoms with Gasteiger partial charge in [0.2, 0.25) is 5.88 Å². The van der Waals surface area contributed by atoms with E-state index in [2.05, 4.69) is 37.7 Å². The molecule has 2 heterocycles. The second-order valence-electron chi connectivity index (χ2n) is 6.44. The number of pyridine rings is 1. The number of nitrogens with one attached hydrogen (secondary N) is 2. The molecule has 0 radical (unpaired) electrons. The van der Waals surface area contributed by atoms with Gasteiger partial charge >= 0.3 is 0 Å². The molecule has 2 aromatic heterocycles. The SMILES string of the molecule is CCNC(=NCc1cccnc1Oc1cccc(F)c1)NCCn1cnnc1CC. The Morgan fingerprint density at radius 2 is 2.10 bits per heavy atom. The Kier molecular flexibility index (Phi) is 7.71. The van der Waals surface area contributed by atoms with Gasteiger partial charge in [-0.3, -0.25) is 0 Å². The van der Waals surface area contributed by atoms with Crippen LogP contribution in [0.25, 0.3) is 0 Å². The highest BCUT2D eigenvalue weighted by Crippen LogP contribution is 2.23. The van der Waals surface area contributed by atoms with Crippen LogP contribution in [0.2, 0.25) is 0 Å². The van der Waals surface area contributed by atoms with Crippen LogP contribution in [0.15, 0.2) is 53.9 Å². The lowest BCUT2D eigenvalue weighted by Gasteiger charge is -2.13. The lowest BCUT2D eigenvalue weighted by molar-refractivity contribution is 0.452. The molecule has 0 fully saturated rings. The number of ether oxygens (including phenoxy) is 1. The molecule has 0 spiro atoms. The Hall–Kier alpha value is -3.49. The highest BCUT2D eigenvalue weighted by Gasteiger charge is 2.08. The standard InChI is InChI=1S/C21H26FN7O/c1-3-19-28-27-15-29(19)12-11-25-21(23-4-2)26-14-16-7-6-10-24-20(16)30-18-9-5-8-17(22)13-18/h5-10,13,15H,3-4,11-12,14H2,1-2H3,(H2,23,25,26). The van der Waals surface area contributed by atoms with Crippen LogP contribution >= 0.6 is 0 Å². The van der Waals surface area contributed by atoms with Crippen molar-refractivity contribution in [1.82, 2.24) is 30.4 Å². The number of hydrogen-bond acceptors (Lipinski definition) is 5. The Balaban J connectivity index is 1.64. The van der Waals surface area contributed by atoms with Gasteiger partial charge in [-0.1, -0.05) is 19.1 Å². The first-order chi connectivity index (χ1) is 14.7. The van der Waals surface area contributed by atoms with Gasteiger partial charge in [0.15, 0.2) is 5.96 Å². The molecule has 0 atom stereocenters. The number of halogens is 1. The maximum Gasteiger partial charge on any atom is 0.224 e. The van der Waals surface area contributed by atoms with Crippen LogP contribution in [0, 0.1) is 5.82 Å². The molecule has 30 heavy (non-hydrogen) atoms. The second-order valence-corrected chi connectivity index (χ2v) is 6.44. The van der Waals surface area contributed by atoms with Crippen LogP contribution < -0.4 is 15.4 Å². The Morgan fingerprint density at radius 1 is 1.20 bits per heavy atom. The van der Waals surface area contributed by atoms with Gasteiger partial charge in [0.05, 0.1) is 6.54 Å². The molecule has 0 unspecified atom stereocenters. The van der Waals surface area contributed by atoms with Gasteiger partial charge in [0.1, 0.15) is 23.7 Å². The quantitative estimate of drug-likeness (QED) is 0.416. The third-order valence-electron chi connectivity index (χ3n) is 4.27. The molecule has 0 aliphatic heterocycles. The zero-order valence-corrected chi connectivity index (χ0v) is 17.2. The fraction of sp³-hybridized carbons (Fsp3) is 0.333. The third-order valence-corrected chi connectivity index (χ3v) is 4.27. The summed E-state index contributed by atoms with van der Waals surface area (Å²) in [5.41, 5.74) is 0.797. The molecular weight excluding hydrogens is 385 g/mol. The number of aliphatic imine (C=N–C) groups is 1. The predicted molar refractivity (Wildman–Crippen MR) is 113 cm³/mol. The third kappa shape index (κ3) is 6.00. The molecule has 8 nitrogen and oxygen atoms in total. The number of aromatic nitrogens is 4. The first-order valence-corrected chi connectivity index (χ1v) is 9.95. The lowest BCUT2D eigenvalue weighted by atomic mass is 10.2. The van der Waals surface area contributed by atoms with E-state index in [1.807, 2.05) is 23.6 Å². The van der Waals surface area contributed by atoms with E-state index in [9.17, 15) is 4.39 Å². The fourth-order valence-corrected chi connectivity index (χ4v) is 2.82. The number of guanidine groups is 1. The molecule has 0 aliphatic rings. The minimum absolute atomic E-state index is 0.360. The summed E-state index contributed by atoms with van der Waals surface area (Å²) in [6.45, 7) is 6.57. The summed E-state index contributed by atoms with van der Waals surface area (Å²) in [6, 6.07) is 9.68. The summed E-state index contributed by atoms with van der Waals surface area (Å²) in [5.74, 6) is 2.07. The van der Waals surface area contributed by atoms with Crippen LogP contribution in [0.5, 0.6) is 11.6 Å². The number of nitrogens with zero attached hydrogens (tertiary/aromatic N) is 5. The van der Waals surface area contributed by atoms with Gasteiger partial charge in [-0.2, -0.15) is 0 Å². The lowest BCUT2D eigenvalue weighted by Crippen LogP contribution is -2.38. The normalized spacial score (nSPS) is 11.4. The molecule has 0 saturated heterocycles. The molecular formula is C21H26FN7O. The number of rotatable bonds is 9. The molecule has 0 aliphatic carbocycles. The van der Waals surface area contributed by atoms with E-state index in [-0.39, 0.29) is 5.82 Å². The van der Waals surface area contributed by atoms with Gasteiger partial charge in [-0.15, -0.1) is 10.2 Å². The first kappa shape index (κ1) is 21.2. The summed E-state index contributed by atoms with van der Waals surface area (Å²) in [4.78, 5) is 8.90. The minimum Gasteiger partial charge on any atom is -0.439 e. The van der Waals surface area contributed by atoms with E-state index in [1.54, 1.807) is 24.7 Å². The molecule has 2 N–H and O–H groups in total. The highest BCUT2D eigenvalue weighted by atomic mass is 19.1. The fourth-order valence-electron chi connectivity index (χ4n) is 2.82. The maximum absolute atomic E-state index is 13.4. The highest BCUT2D eigenvalue weighted by molar-refractivity contribution is 5.79. The summed E-state index contributed by atoms with van der Waals surface area (Å²) in [6.07, 6.45) is 4.20. The Labute approximate surface area is 175 Å². The van der Waals surface area contributed by atoms with Crippen molar-refractivity contribution in [3.8, 4) is 11.6 Å². The van der Waals surface area contributed by atoms with Crippen molar-refractivity contribution < 1.29 is 9.13 Å². The minimum atomic E-state index is -0.360. The summed E-state index contributed by atoms with van der Waals surface area (Å²) < 4.78 is 21.2. The van der Waals surface area contributed by atoms with E-state index >= 15 is 0 Å². The number of aryl methyl sites for hydroxylation is 1. The van der Waals surface area contributed by atoms with Gasteiger partial charge in [0.25, 0.3) is 0 Å². The monoisotopic (exact) mass is 411 g/mol. The van der Waals surface area contributed by atoms with Crippen LogP contribution in [-0.4, -0.2) is 38.8 Å². The van der Waals surface area contributed by atoms with Crippen molar-refractivity contribution in [2.45, 2.75) is 33.4 Å². The molecule has 3 rings (SSSR count). The van der Waals surface area contributed by atoms with Crippen molar-refractivity contribution in [2.24, 2.45) is 4.99 Å². The van der Waals surface area contributed by atoms with E-state index in [4.69, 9.17) is 4.74 Å². The zero-order valence-electron chi connectivity index (χ0n) is 17.2. The topological polar surface area (TPSA) is 89.3 Å². The largest absolute Gasteiger partial charge is 0.439 e. The average Bonchev–Trinajstić information content (AvgIpc) is 3.20. The van der Waals surface area contributed by atoms with Gasteiger partial charge in [-0.25, -0.2) is 14.4 Å². The Morgan fingerprint density at radius 3 is 2.90 bits per heavy atom. The predicted octanol–water partition coefficient (Wildman–Crippen LogP) is 2.92. The van der Waals surface area contributed by atoms with Gasteiger partial charge < -0.3 is 19.9 Å². The van der Waals surface area contributed by atoms with E-state index in [1.165, 1.54) is 12.1 Å². The van der Waals surface area contributed by atoms with Crippen molar-refractivity contribution in [3.63, 3.8) is 0 Å². The maximum atomic E-state index is 13.4. The van der Waals surface area contributed by atoms with Crippen LogP contribution in [0.4, 0.5) is 4.39 Å². The van der Waals surface area contributed by atoms with Crippen molar-refractivity contribution in [2.75, 3.05) is 13.1 Å². The molecule has 9 heteroatoms. The van der Waals surface area contributed by atoms with E-state index in [0.717, 1.165) is 30.9 Å². The summed E-state index contributed by atoms with van der Waals surface area (Å²) in [5, 5.41) is 14.6. The Bertz CT molecular complexity index is 973. The number of hydrogen-bond donors (Lipinski definition) is 2. The molecule has 1 aromatic carbocycles. The summed E-state index contributed by atoms with van der Waals surface area (Å²) >= 11 is 0. The summed E-state index contributed by atoms with van der Waals surface area (Å²) in [7, 11) is 0. The van der Waals surface area contributed by atoms with Gasteiger partial charge in [0, 0.05) is 43.9 Å². The molecule has 0 bridgehead atoms. The molecule has 158 valence electrons. The van der Waals surface area contributed by atoms with Crippen molar-refractivity contribution in [1.29, 1.82) is 0 Å². The zero-order chi connectivity index (χ0) is 21.2. The average molecular weight is 411 g/mol. The van der Waals surface area contributed by atoms with E-state index < -0.39 is 0 Å². The van der Waals surface area contributed by atoms with Crippen molar-refractivity contribution >= 4 is 5.96 Å². The van der Waals surface area contributed by atoms with Crippen molar-refractivity contribution in [3.05, 3.63) is 66.1 Å². The van der Waals surface area contributed by atoms with Crippen LogP contribution in [0.1, 0.15) is 25.2 Å². The molecule has 0 saturated carbocycles. The second kappa shape index (κ2) is 10.9. The van der Waals surface area contributed by atoms with E-state index in [0.29, 0.717) is 30.7 Å².